The molecule has 84 valence electrons. The molecule has 0 heterocycles. The molecule has 0 unspecified atom stereocenters. The minimum absolute atomic E-state index is 0.112. The Morgan fingerprint density at radius 1 is 1.44 bits per heavy atom. The van der Waals surface area contributed by atoms with Crippen molar-refractivity contribution < 1.29 is 9.59 Å². The van der Waals surface area contributed by atoms with Gasteiger partial charge in [-0.15, -0.1) is 0 Å². The van der Waals surface area contributed by atoms with Crippen molar-refractivity contribution in [2.75, 3.05) is 0 Å². The Morgan fingerprint density at radius 2 is 2.12 bits per heavy atom. The van der Waals surface area contributed by atoms with E-state index >= 15 is 0 Å². The van der Waals surface area contributed by atoms with Gasteiger partial charge in [0.25, 0.3) is 0 Å². The molecule has 0 saturated carbocycles. The van der Waals surface area contributed by atoms with Gasteiger partial charge >= 0.3 is 0 Å². The van der Waals surface area contributed by atoms with Gasteiger partial charge in [-0.05, 0) is 18.4 Å². The number of rotatable bonds is 2. The van der Waals surface area contributed by atoms with Crippen LogP contribution in [0.4, 0.5) is 0 Å². The topological polar surface area (TPSA) is 60.2 Å². The van der Waals surface area contributed by atoms with Crippen LogP contribution in [0.3, 0.4) is 0 Å². The normalized spacial score (nSPS) is 23.9. The Hall–Kier alpha value is -1.64. The lowest BCUT2D eigenvalue weighted by atomic mass is 9.67. The lowest BCUT2D eigenvalue weighted by Gasteiger charge is -2.34. The molecule has 1 atom stereocenters. The maximum Gasteiger partial charge on any atom is 0.228 e. The van der Waals surface area contributed by atoms with Crippen molar-refractivity contribution in [3.05, 3.63) is 35.4 Å². The number of hydrogen-bond donors (Lipinski definition) is 1. The molecule has 0 bridgehead atoms. The van der Waals surface area contributed by atoms with Crippen LogP contribution in [0, 0.1) is 0 Å². The molecule has 0 aliphatic heterocycles. The summed E-state index contributed by atoms with van der Waals surface area (Å²) >= 11 is 0. The fourth-order valence-electron chi connectivity index (χ4n) is 2.54. The second-order valence-electron chi connectivity index (χ2n) is 4.27. The summed E-state index contributed by atoms with van der Waals surface area (Å²) in [6.45, 7) is 1.94. The molecule has 0 aromatic heterocycles. The second-order valence-corrected chi connectivity index (χ2v) is 4.27. The van der Waals surface area contributed by atoms with Crippen molar-refractivity contribution in [3.8, 4) is 0 Å². The van der Waals surface area contributed by atoms with Gasteiger partial charge in [0.15, 0.2) is 5.78 Å². The molecule has 1 aliphatic carbocycles. The number of benzene rings is 1. The van der Waals surface area contributed by atoms with Gasteiger partial charge in [0, 0.05) is 12.0 Å². The van der Waals surface area contributed by atoms with E-state index in [1.165, 1.54) is 0 Å². The number of Topliss-reactive ketones (excluding diaryl/α,β-unsaturated/α-hetero) is 1. The molecule has 0 radical (unpaired) electrons. The van der Waals surface area contributed by atoms with Crippen molar-refractivity contribution in [3.63, 3.8) is 0 Å². The van der Waals surface area contributed by atoms with E-state index in [1.54, 1.807) is 6.07 Å². The third kappa shape index (κ3) is 1.35. The van der Waals surface area contributed by atoms with Crippen molar-refractivity contribution in [2.24, 2.45) is 5.73 Å². The third-order valence-corrected chi connectivity index (χ3v) is 3.60. The Morgan fingerprint density at radius 3 is 2.75 bits per heavy atom. The third-order valence-electron chi connectivity index (χ3n) is 3.60. The first kappa shape index (κ1) is 10.9. The number of nitrogens with two attached hydrogens (primary N) is 1. The van der Waals surface area contributed by atoms with Gasteiger partial charge in [0.05, 0.1) is 5.41 Å². The van der Waals surface area contributed by atoms with Crippen LogP contribution in [0.5, 0.6) is 0 Å². The van der Waals surface area contributed by atoms with Crippen molar-refractivity contribution in [1.82, 2.24) is 0 Å². The molecular formula is C13H15NO2. The highest BCUT2D eigenvalue weighted by Gasteiger charge is 2.42. The number of primary amides is 1. The van der Waals surface area contributed by atoms with E-state index in [2.05, 4.69) is 0 Å². The van der Waals surface area contributed by atoms with Crippen LogP contribution in [0.1, 0.15) is 42.1 Å². The first-order valence-corrected chi connectivity index (χ1v) is 5.54. The van der Waals surface area contributed by atoms with E-state index in [0.717, 1.165) is 5.56 Å². The Labute approximate surface area is 94.6 Å². The van der Waals surface area contributed by atoms with Crippen LogP contribution in [-0.4, -0.2) is 11.7 Å². The standard InChI is InChI=1S/C13H15NO2/c1-2-13(12(14)16)8-7-11(15)9-5-3-4-6-10(9)13/h3-6H,2,7-8H2,1H3,(H2,14,16)/t13-/m1/s1. The van der Waals surface area contributed by atoms with Gasteiger partial charge in [-0.2, -0.15) is 0 Å². The average Bonchev–Trinajstić information content (AvgIpc) is 2.30. The highest BCUT2D eigenvalue weighted by atomic mass is 16.1. The maximum absolute atomic E-state index is 11.8. The van der Waals surface area contributed by atoms with Gasteiger partial charge < -0.3 is 5.73 Å². The fraction of sp³-hybridized carbons (Fsp3) is 0.385. The van der Waals surface area contributed by atoms with E-state index in [-0.39, 0.29) is 11.7 Å². The first-order chi connectivity index (χ1) is 7.62. The molecule has 0 saturated heterocycles. The highest BCUT2D eigenvalue weighted by molar-refractivity contribution is 6.03. The average molecular weight is 217 g/mol. The molecule has 16 heavy (non-hydrogen) atoms. The minimum atomic E-state index is -0.648. The lowest BCUT2D eigenvalue weighted by molar-refractivity contribution is -0.124. The van der Waals surface area contributed by atoms with Gasteiger partial charge in [-0.25, -0.2) is 0 Å². The molecule has 3 heteroatoms. The minimum Gasteiger partial charge on any atom is -0.369 e. The molecule has 1 aliphatic rings. The number of carbonyl (C=O) groups is 2. The van der Waals surface area contributed by atoms with E-state index in [4.69, 9.17) is 5.73 Å². The number of ketones is 1. The maximum atomic E-state index is 11.8. The van der Waals surface area contributed by atoms with Gasteiger partial charge in [0.2, 0.25) is 5.91 Å². The van der Waals surface area contributed by atoms with E-state index in [9.17, 15) is 9.59 Å². The number of amides is 1. The van der Waals surface area contributed by atoms with E-state index in [1.807, 2.05) is 25.1 Å². The highest BCUT2D eigenvalue weighted by Crippen LogP contribution is 2.39. The van der Waals surface area contributed by atoms with Crippen molar-refractivity contribution in [2.45, 2.75) is 31.6 Å². The number of carbonyl (C=O) groups excluding carboxylic acids is 2. The zero-order chi connectivity index (χ0) is 11.8. The molecule has 2 N–H and O–H groups in total. The summed E-state index contributed by atoms with van der Waals surface area (Å²) in [5.74, 6) is -0.212. The zero-order valence-corrected chi connectivity index (χ0v) is 9.32. The summed E-state index contributed by atoms with van der Waals surface area (Å²) in [5.41, 5.74) is 6.34. The summed E-state index contributed by atoms with van der Waals surface area (Å²) < 4.78 is 0. The SMILES string of the molecule is CC[C@@]1(C(N)=O)CCC(=O)c2ccccc21. The smallest absolute Gasteiger partial charge is 0.228 e. The molecule has 0 spiro atoms. The van der Waals surface area contributed by atoms with Crippen molar-refractivity contribution >= 4 is 11.7 Å². The quantitative estimate of drug-likeness (QED) is 0.821. The molecule has 0 fully saturated rings. The molecule has 1 aromatic carbocycles. The van der Waals surface area contributed by atoms with Crippen LogP contribution in [0.2, 0.25) is 0 Å². The van der Waals surface area contributed by atoms with E-state index < -0.39 is 5.41 Å². The van der Waals surface area contributed by atoms with Crippen LogP contribution >= 0.6 is 0 Å². The molecule has 1 amide bonds. The summed E-state index contributed by atoms with van der Waals surface area (Å²) in [7, 11) is 0. The van der Waals surface area contributed by atoms with Crippen molar-refractivity contribution in [1.29, 1.82) is 0 Å². The van der Waals surface area contributed by atoms with Gasteiger partial charge in [0.1, 0.15) is 0 Å². The van der Waals surface area contributed by atoms with Crippen LogP contribution < -0.4 is 5.73 Å². The van der Waals surface area contributed by atoms with E-state index in [0.29, 0.717) is 24.8 Å². The number of fused-ring (bicyclic) bond motifs is 1. The lowest BCUT2D eigenvalue weighted by Crippen LogP contribution is -2.44. The van der Waals surface area contributed by atoms with Crippen LogP contribution in [0.25, 0.3) is 0 Å². The fourth-order valence-corrected chi connectivity index (χ4v) is 2.54. The first-order valence-electron chi connectivity index (χ1n) is 5.54. The summed E-state index contributed by atoms with van der Waals surface area (Å²) in [5, 5.41) is 0. The Kier molecular flexibility index (Phi) is 2.54. The van der Waals surface area contributed by atoms with Gasteiger partial charge in [-0.3, -0.25) is 9.59 Å². The molecule has 2 rings (SSSR count). The summed E-state index contributed by atoms with van der Waals surface area (Å²) in [6, 6.07) is 7.30. The Bertz CT molecular complexity index is 453. The van der Waals surface area contributed by atoms with Crippen LogP contribution in [-0.2, 0) is 10.2 Å². The second kappa shape index (κ2) is 3.74. The van der Waals surface area contributed by atoms with Crippen LogP contribution in [0.15, 0.2) is 24.3 Å². The molecule has 1 aromatic rings. The monoisotopic (exact) mass is 217 g/mol. The Balaban J connectivity index is 2.65. The summed E-state index contributed by atoms with van der Waals surface area (Å²) in [6.07, 6.45) is 1.59. The number of hydrogen-bond acceptors (Lipinski definition) is 2. The molecule has 3 nitrogen and oxygen atoms in total. The van der Waals surface area contributed by atoms with Gasteiger partial charge in [-0.1, -0.05) is 31.2 Å². The molecular weight excluding hydrogens is 202 g/mol. The zero-order valence-electron chi connectivity index (χ0n) is 9.32. The predicted octanol–water partition coefficient (Wildman–Crippen LogP) is 1.80. The summed E-state index contributed by atoms with van der Waals surface area (Å²) in [4.78, 5) is 23.4. The predicted molar refractivity (Wildman–Crippen MR) is 61.2 cm³/mol. The largest absolute Gasteiger partial charge is 0.369 e.